The molecule has 5 heteroatoms. The standard InChI is InChI=1S/C13H20N2OS2/c1-9-5-8-17-11(9)13-15(7-4-6-14-3)12(16)10(2)18-13/h5,8,10,13-14H,4,6-7H2,1-3H3/p+1/t10-,13-/m0/s1. The van der Waals surface area contributed by atoms with Crippen molar-refractivity contribution in [3.05, 3.63) is 21.9 Å². The summed E-state index contributed by atoms with van der Waals surface area (Å²) in [5.41, 5.74) is 1.31. The quantitative estimate of drug-likeness (QED) is 0.834. The lowest BCUT2D eigenvalue weighted by Gasteiger charge is -2.23. The zero-order chi connectivity index (χ0) is 13.1. The first-order valence-electron chi connectivity index (χ1n) is 6.43. The van der Waals surface area contributed by atoms with Crippen molar-refractivity contribution in [1.82, 2.24) is 4.90 Å². The number of nitrogens with zero attached hydrogens (tertiary/aromatic N) is 1. The van der Waals surface area contributed by atoms with Crippen LogP contribution >= 0.6 is 23.1 Å². The number of carbonyl (C=O) groups is 1. The van der Waals surface area contributed by atoms with E-state index in [0.29, 0.717) is 5.91 Å². The average Bonchev–Trinajstić information content (AvgIpc) is 2.87. The molecule has 0 radical (unpaired) electrons. The number of nitrogens with two attached hydrogens (primary N) is 1. The highest BCUT2D eigenvalue weighted by atomic mass is 32.2. The Morgan fingerprint density at radius 1 is 1.50 bits per heavy atom. The molecule has 1 aromatic heterocycles. The van der Waals surface area contributed by atoms with E-state index in [4.69, 9.17) is 0 Å². The summed E-state index contributed by atoms with van der Waals surface area (Å²) in [6, 6.07) is 2.14. The summed E-state index contributed by atoms with van der Waals surface area (Å²) >= 11 is 3.56. The van der Waals surface area contributed by atoms with Crippen LogP contribution in [0.1, 0.15) is 29.2 Å². The van der Waals surface area contributed by atoms with Crippen molar-refractivity contribution in [2.24, 2.45) is 0 Å². The predicted octanol–water partition coefficient (Wildman–Crippen LogP) is 1.60. The van der Waals surface area contributed by atoms with Crippen LogP contribution in [0.4, 0.5) is 0 Å². The lowest BCUT2D eigenvalue weighted by Crippen LogP contribution is -2.79. The molecule has 0 aliphatic carbocycles. The van der Waals surface area contributed by atoms with E-state index in [9.17, 15) is 4.79 Å². The third kappa shape index (κ3) is 2.73. The Labute approximate surface area is 117 Å². The number of carbonyl (C=O) groups excluding carboxylic acids is 1. The van der Waals surface area contributed by atoms with E-state index >= 15 is 0 Å². The maximum atomic E-state index is 12.2. The lowest BCUT2D eigenvalue weighted by molar-refractivity contribution is -0.627. The molecule has 1 aliphatic heterocycles. The first-order valence-corrected chi connectivity index (χ1v) is 8.25. The van der Waals surface area contributed by atoms with Crippen molar-refractivity contribution < 1.29 is 10.1 Å². The molecule has 1 saturated heterocycles. The fourth-order valence-electron chi connectivity index (χ4n) is 2.21. The van der Waals surface area contributed by atoms with E-state index < -0.39 is 0 Å². The Morgan fingerprint density at radius 3 is 2.89 bits per heavy atom. The van der Waals surface area contributed by atoms with Gasteiger partial charge in [-0.05, 0) is 30.9 Å². The summed E-state index contributed by atoms with van der Waals surface area (Å²) in [4.78, 5) is 15.6. The van der Waals surface area contributed by atoms with E-state index in [-0.39, 0.29) is 10.6 Å². The van der Waals surface area contributed by atoms with Gasteiger partial charge in [0.25, 0.3) is 0 Å². The average molecular weight is 285 g/mol. The van der Waals surface area contributed by atoms with Gasteiger partial charge in [0.15, 0.2) is 0 Å². The molecule has 3 nitrogen and oxygen atoms in total. The Morgan fingerprint density at radius 2 is 2.28 bits per heavy atom. The van der Waals surface area contributed by atoms with Gasteiger partial charge in [-0.15, -0.1) is 23.1 Å². The molecule has 0 spiro atoms. The van der Waals surface area contributed by atoms with Gasteiger partial charge >= 0.3 is 0 Å². The normalized spacial score (nSPS) is 23.9. The second kappa shape index (κ2) is 6.08. The number of thiophene rings is 1. The van der Waals surface area contributed by atoms with Crippen LogP contribution in [0.5, 0.6) is 0 Å². The van der Waals surface area contributed by atoms with Gasteiger partial charge < -0.3 is 10.2 Å². The summed E-state index contributed by atoms with van der Waals surface area (Å²) in [5.74, 6) is 0.300. The Balaban J connectivity index is 2.12. The molecule has 0 unspecified atom stereocenters. The monoisotopic (exact) mass is 285 g/mol. The molecular formula is C13H21N2OS2+. The largest absolute Gasteiger partial charge is 0.349 e. The highest BCUT2D eigenvalue weighted by Gasteiger charge is 2.39. The van der Waals surface area contributed by atoms with E-state index in [0.717, 1.165) is 19.5 Å². The Kier molecular flexibility index (Phi) is 4.70. The summed E-state index contributed by atoms with van der Waals surface area (Å²) in [6.45, 7) is 6.12. The maximum absolute atomic E-state index is 12.2. The van der Waals surface area contributed by atoms with Gasteiger partial charge in [0.1, 0.15) is 5.37 Å². The number of hydrogen-bond donors (Lipinski definition) is 1. The van der Waals surface area contributed by atoms with Gasteiger partial charge in [-0.25, -0.2) is 0 Å². The first kappa shape index (κ1) is 13.9. The third-order valence-electron chi connectivity index (χ3n) is 3.26. The van der Waals surface area contributed by atoms with E-state index in [2.05, 4.69) is 35.6 Å². The molecule has 2 atom stereocenters. The Bertz CT molecular complexity index is 419. The summed E-state index contributed by atoms with van der Waals surface area (Å²) in [6.07, 6.45) is 1.07. The van der Waals surface area contributed by atoms with Gasteiger partial charge in [-0.2, -0.15) is 0 Å². The molecule has 1 aliphatic rings. The van der Waals surface area contributed by atoms with Crippen LogP contribution in [0.2, 0.25) is 0 Å². The van der Waals surface area contributed by atoms with Crippen molar-refractivity contribution >= 4 is 29.0 Å². The predicted molar refractivity (Wildman–Crippen MR) is 77.9 cm³/mol. The lowest BCUT2D eigenvalue weighted by atomic mass is 10.2. The van der Waals surface area contributed by atoms with Crippen molar-refractivity contribution in [2.75, 3.05) is 20.1 Å². The summed E-state index contributed by atoms with van der Waals surface area (Å²) in [5, 5.41) is 4.63. The number of amides is 1. The van der Waals surface area contributed by atoms with Gasteiger partial charge in [-0.1, -0.05) is 0 Å². The second-order valence-corrected chi connectivity index (χ2v) is 7.05. The number of hydrogen-bond acceptors (Lipinski definition) is 3. The Hall–Kier alpha value is -0.520. The van der Waals surface area contributed by atoms with Crippen LogP contribution < -0.4 is 5.32 Å². The second-order valence-electron chi connectivity index (χ2n) is 4.68. The van der Waals surface area contributed by atoms with Gasteiger partial charge in [0.05, 0.1) is 18.8 Å². The molecular weight excluding hydrogens is 264 g/mol. The first-order chi connectivity index (χ1) is 8.65. The molecule has 2 N–H and O–H groups in total. The molecule has 1 amide bonds. The topological polar surface area (TPSA) is 36.9 Å². The molecule has 0 bridgehead atoms. The zero-order valence-corrected chi connectivity index (χ0v) is 12.8. The van der Waals surface area contributed by atoms with Crippen molar-refractivity contribution in [2.45, 2.75) is 30.9 Å². The molecule has 2 rings (SSSR count). The highest BCUT2D eigenvalue weighted by Crippen LogP contribution is 2.45. The minimum absolute atomic E-state index is 0.0992. The zero-order valence-electron chi connectivity index (χ0n) is 11.2. The minimum atomic E-state index is 0.0992. The van der Waals surface area contributed by atoms with Crippen LogP contribution in [0, 0.1) is 6.92 Å². The number of quaternary nitrogens is 1. The molecule has 0 aromatic carbocycles. The van der Waals surface area contributed by atoms with Crippen molar-refractivity contribution in [3.63, 3.8) is 0 Å². The van der Waals surface area contributed by atoms with Crippen molar-refractivity contribution in [1.29, 1.82) is 0 Å². The fraction of sp³-hybridized carbons (Fsp3) is 0.615. The SMILES string of the molecule is C[NH2+]CCCN1C(=O)[C@H](C)S[C@H]1c1sccc1C. The summed E-state index contributed by atoms with van der Waals surface area (Å²) in [7, 11) is 2.07. The summed E-state index contributed by atoms with van der Waals surface area (Å²) < 4.78 is 0. The number of rotatable bonds is 5. The number of aryl methyl sites for hydroxylation is 1. The minimum Gasteiger partial charge on any atom is -0.349 e. The molecule has 1 fully saturated rings. The smallest absolute Gasteiger partial charge is 0.236 e. The van der Waals surface area contributed by atoms with Crippen LogP contribution in [0.25, 0.3) is 0 Å². The van der Waals surface area contributed by atoms with Gasteiger partial charge in [0.2, 0.25) is 5.91 Å². The van der Waals surface area contributed by atoms with Gasteiger partial charge in [-0.3, -0.25) is 4.79 Å². The van der Waals surface area contributed by atoms with E-state index in [1.165, 1.54) is 10.4 Å². The third-order valence-corrected chi connectivity index (χ3v) is 5.84. The number of thioether (sulfide) groups is 1. The molecule has 1 aromatic rings. The molecule has 0 saturated carbocycles. The van der Waals surface area contributed by atoms with Gasteiger partial charge in [0, 0.05) is 17.8 Å². The molecule has 18 heavy (non-hydrogen) atoms. The van der Waals surface area contributed by atoms with E-state index in [1.54, 1.807) is 23.1 Å². The van der Waals surface area contributed by atoms with Crippen molar-refractivity contribution in [3.8, 4) is 0 Å². The molecule has 2 heterocycles. The van der Waals surface area contributed by atoms with Crippen LogP contribution in [0.15, 0.2) is 11.4 Å². The maximum Gasteiger partial charge on any atom is 0.236 e. The van der Waals surface area contributed by atoms with Crippen LogP contribution in [-0.2, 0) is 4.79 Å². The highest BCUT2D eigenvalue weighted by molar-refractivity contribution is 8.01. The molecule has 100 valence electrons. The van der Waals surface area contributed by atoms with Crippen LogP contribution in [-0.4, -0.2) is 36.2 Å². The van der Waals surface area contributed by atoms with Crippen LogP contribution in [0.3, 0.4) is 0 Å². The van der Waals surface area contributed by atoms with E-state index in [1.807, 2.05) is 6.92 Å². The fourth-order valence-corrected chi connectivity index (χ4v) is 4.76.